The van der Waals surface area contributed by atoms with Gasteiger partial charge in [0.2, 0.25) is 0 Å². The first-order valence-electron chi connectivity index (χ1n) is 13.5. The van der Waals surface area contributed by atoms with Crippen LogP contribution < -0.4 is 10.5 Å². The lowest BCUT2D eigenvalue weighted by molar-refractivity contribution is 0.0179. The molecule has 2 aliphatic rings. The van der Waals surface area contributed by atoms with Crippen LogP contribution in [0.25, 0.3) is 33.6 Å². The van der Waals surface area contributed by atoms with Crippen molar-refractivity contribution in [3.63, 3.8) is 0 Å². The maximum atomic E-state index is 14.5. The molecule has 1 atom stereocenters. The molecule has 2 fully saturated rings. The summed E-state index contributed by atoms with van der Waals surface area (Å²) >= 11 is 0. The Balaban J connectivity index is 1.51. The molecule has 0 bridgehead atoms. The number of benzene rings is 1. The number of nitrogens with two attached hydrogens (primary N) is 1. The second kappa shape index (κ2) is 9.38. The van der Waals surface area contributed by atoms with Gasteiger partial charge in [0, 0.05) is 49.4 Å². The number of aryl methyl sites for hydroxylation is 1. The molecule has 9 heteroatoms. The van der Waals surface area contributed by atoms with Crippen molar-refractivity contribution in [3.8, 4) is 17.3 Å². The van der Waals surface area contributed by atoms with Crippen LogP contribution in [-0.2, 0) is 13.1 Å². The first-order valence-corrected chi connectivity index (χ1v) is 13.5. The number of alkyl halides is 1. The number of imidazole rings is 1. The number of nitrogens with zero attached hydrogens (tertiary/aromatic N) is 5. The summed E-state index contributed by atoms with van der Waals surface area (Å²) in [5, 5.41) is 1.03. The number of ether oxygens (including phenoxy) is 1. The van der Waals surface area contributed by atoms with Gasteiger partial charge in [0.25, 0.3) is 5.91 Å². The average Bonchev–Trinajstić information content (AvgIpc) is 3.44. The molecule has 1 aliphatic carbocycles. The van der Waals surface area contributed by atoms with E-state index >= 15 is 0 Å². The minimum absolute atomic E-state index is 0.00243. The zero-order valence-electron chi connectivity index (χ0n) is 22.3. The van der Waals surface area contributed by atoms with E-state index in [0.29, 0.717) is 49.3 Å². The largest absolute Gasteiger partial charge is 0.494 e. The Kier molecular flexibility index (Phi) is 6.13. The van der Waals surface area contributed by atoms with Gasteiger partial charge in [-0.2, -0.15) is 0 Å². The topological polar surface area (TPSA) is 91.2 Å². The number of carbonyl (C=O) groups is 1. The summed E-state index contributed by atoms with van der Waals surface area (Å²) in [7, 11) is 1.62. The Bertz CT molecular complexity index is 1510. The van der Waals surface area contributed by atoms with Gasteiger partial charge in [0.05, 0.1) is 18.3 Å². The summed E-state index contributed by atoms with van der Waals surface area (Å²) in [6.07, 6.45) is 4.65. The third kappa shape index (κ3) is 4.22. The van der Waals surface area contributed by atoms with Crippen LogP contribution in [0, 0.1) is 5.92 Å². The lowest BCUT2D eigenvalue weighted by atomic mass is 9.73. The van der Waals surface area contributed by atoms with Crippen LogP contribution in [0.5, 0.6) is 5.75 Å². The standard InChI is InChI=1S/C29H35FN6O2/c1-4-35-23(12-19-7-5-9-32-26(19)35)27-33-22-11-20(28(37)34-10-6-8-21(31)17-34)13-24(38-3)25(22)36(27)16-18-14-29(2,30)15-18/h5,7,9,11-13,18,21H,4,6,8,10,14-17,31H2,1-3H3. The third-order valence-electron chi connectivity index (χ3n) is 8.09. The zero-order valence-corrected chi connectivity index (χ0v) is 22.3. The fourth-order valence-corrected chi connectivity index (χ4v) is 6.38. The van der Waals surface area contributed by atoms with Crippen molar-refractivity contribution in [2.45, 2.75) is 64.3 Å². The van der Waals surface area contributed by atoms with Crippen LogP contribution in [0.3, 0.4) is 0 Å². The highest BCUT2D eigenvalue weighted by Crippen LogP contribution is 2.44. The molecule has 3 aromatic heterocycles. The van der Waals surface area contributed by atoms with Gasteiger partial charge < -0.3 is 24.5 Å². The van der Waals surface area contributed by atoms with Gasteiger partial charge in [0.1, 0.15) is 22.6 Å². The van der Waals surface area contributed by atoms with Crippen molar-refractivity contribution in [2.75, 3.05) is 20.2 Å². The van der Waals surface area contributed by atoms with Gasteiger partial charge in [-0.25, -0.2) is 14.4 Å². The predicted molar refractivity (Wildman–Crippen MR) is 146 cm³/mol. The maximum absolute atomic E-state index is 14.5. The second-order valence-electron chi connectivity index (χ2n) is 11.1. The van der Waals surface area contributed by atoms with Crippen molar-refractivity contribution in [2.24, 2.45) is 11.7 Å². The second-order valence-corrected chi connectivity index (χ2v) is 11.1. The fraction of sp³-hybridized carbons (Fsp3) is 0.483. The Morgan fingerprint density at radius 1 is 1.26 bits per heavy atom. The number of fused-ring (bicyclic) bond motifs is 2. The predicted octanol–water partition coefficient (Wildman–Crippen LogP) is 4.78. The number of methoxy groups -OCH3 is 1. The van der Waals surface area contributed by atoms with E-state index in [4.69, 9.17) is 15.5 Å². The molecule has 1 saturated heterocycles. The normalized spacial score (nSPS) is 23.7. The number of likely N-dealkylation sites (tertiary alicyclic amines) is 1. The minimum atomic E-state index is -1.12. The van der Waals surface area contributed by atoms with Crippen LogP contribution in [0.1, 0.15) is 49.9 Å². The van der Waals surface area contributed by atoms with Gasteiger partial charge in [-0.3, -0.25) is 4.79 Å². The molecule has 1 aromatic carbocycles. The first kappa shape index (κ1) is 24.9. The molecule has 8 nitrogen and oxygen atoms in total. The van der Waals surface area contributed by atoms with Crippen LogP contribution in [0.4, 0.5) is 4.39 Å². The lowest BCUT2D eigenvalue weighted by Gasteiger charge is -2.39. The molecule has 1 aliphatic heterocycles. The van der Waals surface area contributed by atoms with Gasteiger partial charge in [-0.15, -0.1) is 0 Å². The van der Waals surface area contributed by atoms with E-state index in [0.717, 1.165) is 47.5 Å². The first-order chi connectivity index (χ1) is 18.3. The van der Waals surface area contributed by atoms with Crippen molar-refractivity contribution < 1.29 is 13.9 Å². The van der Waals surface area contributed by atoms with Crippen LogP contribution in [-0.4, -0.2) is 61.8 Å². The molecule has 1 amide bonds. The molecule has 1 unspecified atom stereocenters. The molecule has 2 N–H and O–H groups in total. The third-order valence-corrected chi connectivity index (χ3v) is 8.09. The molecule has 4 heterocycles. The Morgan fingerprint density at radius 2 is 2.08 bits per heavy atom. The highest BCUT2D eigenvalue weighted by molar-refractivity contribution is 6.00. The Morgan fingerprint density at radius 3 is 2.79 bits per heavy atom. The fourth-order valence-electron chi connectivity index (χ4n) is 6.38. The Hall–Kier alpha value is -3.46. The van der Waals surface area contributed by atoms with Crippen molar-refractivity contribution >= 4 is 28.0 Å². The molecule has 6 rings (SSSR count). The molecule has 200 valence electrons. The number of hydrogen-bond donors (Lipinski definition) is 1. The zero-order chi connectivity index (χ0) is 26.6. The average molecular weight is 519 g/mol. The number of hydrogen-bond acceptors (Lipinski definition) is 5. The smallest absolute Gasteiger partial charge is 0.254 e. The monoisotopic (exact) mass is 518 g/mol. The van der Waals surface area contributed by atoms with E-state index in [1.54, 1.807) is 20.2 Å². The number of piperidine rings is 1. The SMILES string of the molecule is CCn1c(-c2nc3cc(C(=O)N4CCCC(N)C4)cc(OC)c3n2CC2CC(C)(F)C2)cc2cccnc21. The number of aromatic nitrogens is 4. The molecule has 38 heavy (non-hydrogen) atoms. The summed E-state index contributed by atoms with van der Waals surface area (Å²) in [5.41, 5.74) is 8.91. The van der Waals surface area contributed by atoms with Crippen LogP contribution >= 0.6 is 0 Å². The van der Waals surface area contributed by atoms with Crippen molar-refractivity contribution in [3.05, 3.63) is 42.1 Å². The summed E-state index contributed by atoms with van der Waals surface area (Å²) < 4.78 is 24.6. The van der Waals surface area contributed by atoms with Crippen LogP contribution in [0.15, 0.2) is 36.5 Å². The van der Waals surface area contributed by atoms with Gasteiger partial charge >= 0.3 is 0 Å². The van der Waals surface area contributed by atoms with Crippen molar-refractivity contribution in [1.29, 1.82) is 0 Å². The highest BCUT2D eigenvalue weighted by atomic mass is 19.1. The number of rotatable bonds is 6. The van der Waals surface area contributed by atoms with Gasteiger partial charge in [-0.05, 0) is 75.8 Å². The number of carbonyl (C=O) groups excluding carboxylic acids is 1. The highest BCUT2D eigenvalue weighted by Gasteiger charge is 2.41. The van der Waals surface area contributed by atoms with E-state index in [9.17, 15) is 9.18 Å². The van der Waals surface area contributed by atoms with E-state index in [-0.39, 0.29) is 17.9 Å². The minimum Gasteiger partial charge on any atom is -0.494 e. The molecule has 1 saturated carbocycles. The molecule has 0 radical (unpaired) electrons. The van der Waals surface area contributed by atoms with E-state index in [2.05, 4.69) is 27.1 Å². The molecular weight excluding hydrogens is 483 g/mol. The summed E-state index contributed by atoms with van der Waals surface area (Å²) in [5.74, 6) is 1.50. The number of pyridine rings is 1. The summed E-state index contributed by atoms with van der Waals surface area (Å²) in [6.45, 7) is 6.34. The summed E-state index contributed by atoms with van der Waals surface area (Å²) in [4.78, 5) is 25.0. The molecule has 0 spiro atoms. The van der Waals surface area contributed by atoms with Gasteiger partial charge in [0.15, 0.2) is 5.82 Å². The molecule has 4 aromatic rings. The quantitative estimate of drug-likeness (QED) is 0.397. The maximum Gasteiger partial charge on any atom is 0.254 e. The van der Waals surface area contributed by atoms with E-state index < -0.39 is 5.67 Å². The Labute approximate surface area is 221 Å². The lowest BCUT2D eigenvalue weighted by Crippen LogP contribution is -2.45. The number of amides is 1. The number of halogens is 1. The van der Waals surface area contributed by atoms with Crippen molar-refractivity contribution in [1.82, 2.24) is 24.0 Å². The molecular formula is C29H35FN6O2. The summed E-state index contributed by atoms with van der Waals surface area (Å²) in [6, 6.07) is 9.75. The van der Waals surface area contributed by atoms with E-state index in [1.807, 2.05) is 29.2 Å². The van der Waals surface area contributed by atoms with Gasteiger partial charge in [-0.1, -0.05) is 0 Å². The van der Waals surface area contributed by atoms with E-state index in [1.165, 1.54) is 0 Å². The van der Waals surface area contributed by atoms with Crippen LogP contribution in [0.2, 0.25) is 0 Å².